The largest absolute Gasteiger partial charge is 0.477 e. The lowest BCUT2D eigenvalue weighted by Gasteiger charge is -2.17. The summed E-state index contributed by atoms with van der Waals surface area (Å²) in [5, 5.41) is 13.1. The van der Waals surface area contributed by atoms with Crippen LogP contribution in [-0.4, -0.2) is 22.0 Å². The quantitative estimate of drug-likeness (QED) is 0.811. The zero-order chi connectivity index (χ0) is 16.5. The van der Waals surface area contributed by atoms with E-state index in [1.807, 2.05) is 45.9 Å². The highest BCUT2D eigenvalue weighted by molar-refractivity contribution is 5.98. The maximum absolute atomic E-state index is 12.0. The number of benzene rings is 1. The molecule has 0 aliphatic carbocycles. The first-order valence-electron chi connectivity index (χ1n) is 7.39. The van der Waals surface area contributed by atoms with Crippen molar-refractivity contribution in [3.8, 4) is 0 Å². The topological polar surface area (TPSA) is 82.2 Å². The Labute approximate surface area is 129 Å². The highest BCUT2D eigenvalue weighted by Crippen LogP contribution is 2.25. The maximum atomic E-state index is 12.0. The molecule has 1 aromatic carbocycles. The molecule has 22 heavy (non-hydrogen) atoms. The first kappa shape index (κ1) is 16.1. The molecule has 0 bridgehead atoms. The monoisotopic (exact) mass is 302 g/mol. The molecular formula is C17H22N2O3. The van der Waals surface area contributed by atoms with Crippen LogP contribution in [0.2, 0.25) is 0 Å². The van der Waals surface area contributed by atoms with Gasteiger partial charge in [0.2, 0.25) is 5.91 Å². The first-order valence-corrected chi connectivity index (χ1v) is 7.39. The molecule has 5 nitrogen and oxygen atoms in total. The van der Waals surface area contributed by atoms with Gasteiger partial charge in [-0.1, -0.05) is 33.8 Å². The zero-order valence-electron chi connectivity index (χ0n) is 13.4. The van der Waals surface area contributed by atoms with E-state index in [9.17, 15) is 14.7 Å². The standard InChI is InChI=1S/C17H22N2O3/c1-5-10-6-7-13-11(8-10)12(14(19-13)15(20)21)9-18-16(22)17(2,3)4/h6-8,19H,5,9H2,1-4H3,(H,18,22)(H,20,21). The summed E-state index contributed by atoms with van der Waals surface area (Å²) in [4.78, 5) is 26.4. The fourth-order valence-electron chi connectivity index (χ4n) is 2.31. The number of fused-ring (bicyclic) bond motifs is 1. The molecule has 2 rings (SSSR count). The minimum absolute atomic E-state index is 0.107. The van der Waals surface area contributed by atoms with Crippen LogP contribution in [0.5, 0.6) is 0 Å². The number of carboxylic acid groups (broad SMARTS) is 1. The van der Waals surface area contributed by atoms with Crippen LogP contribution in [0.4, 0.5) is 0 Å². The molecule has 5 heteroatoms. The van der Waals surface area contributed by atoms with E-state index in [0.29, 0.717) is 5.56 Å². The van der Waals surface area contributed by atoms with Crippen molar-refractivity contribution in [3.05, 3.63) is 35.0 Å². The molecule has 118 valence electrons. The number of amides is 1. The Bertz CT molecular complexity index is 723. The van der Waals surface area contributed by atoms with Crippen molar-refractivity contribution >= 4 is 22.8 Å². The van der Waals surface area contributed by atoms with Gasteiger partial charge in [0.1, 0.15) is 5.69 Å². The number of aromatic carboxylic acids is 1. The van der Waals surface area contributed by atoms with E-state index in [1.165, 1.54) is 0 Å². The van der Waals surface area contributed by atoms with Crippen LogP contribution in [0.1, 0.15) is 49.3 Å². The summed E-state index contributed by atoms with van der Waals surface area (Å²) in [6, 6.07) is 5.84. The second kappa shape index (κ2) is 5.83. The number of nitrogens with one attached hydrogen (secondary N) is 2. The van der Waals surface area contributed by atoms with Crippen LogP contribution in [-0.2, 0) is 17.8 Å². The normalized spacial score (nSPS) is 11.6. The molecule has 0 aliphatic heterocycles. The van der Waals surface area contributed by atoms with Crippen LogP contribution in [0.25, 0.3) is 10.9 Å². The molecule has 2 aromatic rings. The van der Waals surface area contributed by atoms with E-state index < -0.39 is 11.4 Å². The van der Waals surface area contributed by atoms with Crippen LogP contribution >= 0.6 is 0 Å². The number of H-pyrrole nitrogens is 1. The van der Waals surface area contributed by atoms with Crippen molar-refractivity contribution in [3.63, 3.8) is 0 Å². The third-order valence-electron chi connectivity index (χ3n) is 3.70. The summed E-state index contributed by atoms with van der Waals surface area (Å²) in [6.07, 6.45) is 0.872. The molecule has 0 fully saturated rings. The highest BCUT2D eigenvalue weighted by Gasteiger charge is 2.23. The zero-order valence-corrected chi connectivity index (χ0v) is 13.4. The summed E-state index contributed by atoms with van der Waals surface area (Å²) < 4.78 is 0. The lowest BCUT2D eigenvalue weighted by atomic mass is 9.95. The summed E-state index contributed by atoms with van der Waals surface area (Å²) >= 11 is 0. The molecule has 0 saturated heterocycles. The molecule has 0 atom stereocenters. The van der Waals surface area contributed by atoms with Crippen molar-refractivity contribution in [2.45, 2.75) is 40.7 Å². The lowest BCUT2D eigenvalue weighted by molar-refractivity contribution is -0.128. The van der Waals surface area contributed by atoms with E-state index in [-0.39, 0.29) is 18.1 Å². The van der Waals surface area contributed by atoms with E-state index in [4.69, 9.17) is 0 Å². The molecular weight excluding hydrogens is 280 g/mol. The number of hydrogen-bond acceptors (Lipinski definition) is 2. The van der Waals surface area contributed by atoms with Crippen molar-refractivity contribution in [2.24, 2.45) is 5.41 Å². The molecule has 1 amide bonds. The van der Waals surface area contributed by atoms with Crippen LogP contribution < -0.4 is 5.32 Å². The van der Waals surface area contributed by atoms with Crippen LogP contribution in [0.3, 0.4) is 0 Å². The Hall–Kier alpha value is -2.30. The summed E-state index contributed by atoms with van der Waals surface area (Å²) in [6.45, 7) is 7.72. The highest BCUT2D eigenvalue weighted by atomic mass is 16.4. The van der Waals surface area contributed by atoms with Gasteiger partial charge in [0, 0.05) is 28.4 Å². The Balaban J connectivity index is 2.43. The number of aryl methyl sites for hydroxylation is 1. The molecule has 0 spiro atoms. The Morgan fingerprint density at radius 3 is 2.50 bits per heavy atom. The van der Waals surface area contributed by atoms with E-state index in [2.05, 4.69) is 10.3 Å². The minimum Gasteiger partial charge on any atom is -0.477 e. The smallest absolute Gasteiger partial charge is 0.352 e. The number of carbonyl (C=O) groups is 2. The molecule has 0 saturated carbocycles. The minimum atomic E-state index is -1.02. The Morgan fingerprint density at radius 1 is 1.27 bits per heavy atom. The van der Waals surface area contributed by atoms with Gasteiger partial charge in [0.15, 0.2) is 0 Å². The number of aromatic nitrogens is 1. The van der Waals surface area contributed by atoms with Crippen LogP contribution in [0, 0.1) is 5.41 Å². The number of carboxylic acids is 1. The average Bonchev–Trinajstić information content (AvgIpc) is 2.81. The number of aromatic amines is 1. The predicted molar refractivity (Wildman–Crippen MR) is 85.9 cm³/mol. The van der Waals surface area contributed by atoms with Crippen molar-refractivity contribution in [2.75, 3.05) is 0 Å². The van der Waals surface area contributed by atoms with E-state index >= 15 is 0 Å². The number of hydrogen-bond donors (Lipinski definition) is 3. The summed E-state index contributed by atoms with van der Waals surface area (Å²) in [5.74, 6) is -1.13. The van der Waals surface area contributed by atoms with Gasteiger partial charge in [-0.15, -0.1) is 0 Å². The van der Waals surface area contributed by atoms with Gasteiger partial charge >= 0.3 is 5.97 Å². The van der Waals surface area contributed by atoms with Gasteiger partial charge in [0.05, 0.1) is 0 Å². The van der Waals surface area contributed by atoms with Crippen molar-refractivity contribution in [1.29, 1.82) is 0 Å². The second-order valence-corrected chi connectivity index (χ2v) is 6.45. The van der Waals surface area contributed by atoms with Crippen LogP contribution in [0.15, 0.2) is 18.2 Å². The first-order chi connectivity index (χ1) is 10.2. The maximum Gasteiger partial charge on any atom is 0.352 e. The summed E-state index contributed by atoms with van der Waals surface area (Å²) in [5.41, 5.74) is 2.15. The van der Waals surface area contributed by atoms with Gasteiger partial charge in [-0.3, -0.25) is 4.79 Å². The average molecular weight is 302 g/mol. The second-order valence-electron chi connectivity index (χ2n) is 6.45. The lowest BCUT2D eigenvalue weighted by Crippen LogP contribution is -2.34. The van der Waals surface area contributed by atoms with Gasteiger partial charge in [0.25, 0.3) is 0 Å². The Morgan fingerprint density at radius 2 is 1.95 bits per heavy atom. The number of carbonyl (C=O) groups excluding carboxylic acids is 1. The fourth-order valence-corrected chi connectivity index (χ4v) is 2.31. The SMILES string of the molecule is CCc1ccc2[nH]c(C(=O)O)c(CNC(=O)C(C)(C)C)c2c1. The van der Waals surface area contributed by atoms with Crippen molar-refractivity contribution < 1.29 is 14.7 Å². The third kappa shape index (κ3) is 3.13. The third-order valence-corrected chi connectivity index (χ3v) is 3.70. The number of rotatable bonds is 4. The van der Waals surface area contributed by atoms with Gasteiger partial charge in [-0.2, -0.15) is 0 Å². The fraction of sp³-hybridized carbons (Fsp3) is 0.412. The molecule has 0 aliphatic rings. The van der Waals surface area contributed by atoms with Gasteiger partial charge in [-0.25, -0.2) is 4.79 Å². The molecule has 0 unspecified atom stereocenters. The molecule has 1 heterocycles. The van der Waals surface area contributed by atoms with Gasteiger partial charge < -0.3 is 15.4 Å². The molecule has 0 radical (unpaired) electrons. The molecule has 1 aromatic heterocycles. The predicted octanol–water partition coefficient (Wildman–Crippen LogP) is 3.09. The van der Waals surface area contributed by atoms with E-state index in [1.54, 1.807) is 0 Å². The molecule has 3 N–H and O–H groups in total. The Kier molecular flexibility index (Phi) is 4.26. The van der Waals surface area contributed by atoms with Crippen molar-refractivity contribution in [1.82, 2.24) is 10.3 Å². The van der Waals surface area contributed by atoms with E-state index in [0.717, 1.165) is 22.9 Å². The van der Waals surface area contributed by atoms with Gasteiger partial charge in [-0.05, 0) is 24.1 Å². The summed E-state index contributed by atoms with van der Waals surface area (Å²) in [7, 11) is 0.